The quantitative estimate of drug-likeness (QED) is 0.375. The molecule has 2 N–H and O–H groups in total. The minimum Gasteiger partial charge on any atom is -0.398 e. The average Bonchev–Trinajstić information content (AvgIpc) is 2.85. The SMILES string of the molecule is Nc1cc2sncc2c2cc3ccccc3cc12. The molecule has 3 heteroatoms. The molecule has 0 radical (unpaired) electrons. The summed E-state index contributed by atoms with van der Waals surface area (Å²) in [4.78, 5) is 0. The zero-order valence-corrected chi connectivity index (χ0v) is 10.4. The summed E-state index contributed by atoms with van der Waals surface area (Å²) in [5.41, 5.74) is 6.98. The van der Waals surface area contributed by atoms with E-state index in [0.717, 1.165) is 15.8 Å². The van der Waals surface area contributed by atoms with E-state index < -0.39 is 0 Å². The van der Waals surface area contributed by atoms with E-state index in [4.69, 9.17) is 5.73 Å². The molecule has 0 unspecified atom stereocenters. The van der Waals surface area contributed by atoms with Gasteiger partial charge in [0.05, 0.1) is 4.70 Å². The third kappa shape index (κ3) is 1.25. The van der Waals surface area contributed by atoms with Gasteiger partial charge in [-0.1, -0.05) is 24.3 Å². The molecule has 0 fully saturated rings. The number of hydrogen-bond donors (Lipinski definition) is 1. The highest BCUT2D eigenvalue weighted by Crippen LogP contribution is 2.34. The Bertz CT molecular complexity index is 893. The van der Waals surface area contributed by atoms with E-state index in [1.807, 2.05) is 12.3 Å². The third-order valence-corrected chi connectivity index (χ3v) is 4.12. The molecule has 1 heterocycles. The minimum atomic E-state index is 0.826. The summed E-state index contributed by atoms with van der Waals surface area (Å²) in [5, 5.41) is 5.95. The summed E-state index contributed by atoms with van der Waals surface area (Å²) < 4.78 is 5.41. The van der Waals surface area contributed by atoms with Gasteiger partial charge in [-0.25, -0.2) is 0 Å². The molecule has 0 amide bonds. The molecule has 2 nitrogen and oxygen atoms in total. The zero-order chi connectivity index (χ0) is 12.1. The van der Waals surface area contributed by atoms with E-state index in [9.17, 15) is 0 Å². The van der Waals surface area contributed by atoms with Crippen LogP contribution in [0.3, 0.4) is 0 Å². The molecule has 18 heavy (non-hydrogen) atoms. The number of nitrogen functional groups attached to an aromatic ring is 1. The van der Waals surface area contributed by atoms with E-state index in [1.165, 1.54) is 33.1 Å². The maximum Gasteiger partial charge on any atom is 0.0576 e. The maximum atomic E-state index is 6.15. The number of benzene rings is 3. The van der Waals surface area contributed by atoms with Gasteiger partial charge in [0.2, 0.25) is 0 Å². The Morgan fingerprint density at radius 3 is 2.39 bits per heavy atom. The lowest BCUT2D eigenvalue weighted by molar-refractivity contribution is 1.61. The molecule has 1 aromatic heterocycles. The molecule has 3 aromatic carbocycles. The van der Waals surface area contributed by atoms with Crippen molar-refractivity contribution >= 4 is 48.9 Å². The van der Waals surface area contributed by atoms with Gasteiger partial charge in [-0.15, -0.1) is 0 Å². The Kier molecular flexibility index (Phi) is 1.88. The van der Waals surface area contributed by atoms with Crippen LogP contribution in [0, 0.1) is 0 Å². The van der Waals surface area contributed by atoms with Crippen molar-refractivity contribution in [2.45, 2.75) is 0 Å². The molecule has 4 aromatic rings. The first kappa shape index (κ1) is 9.85. The lowest BCUT2D eigenvalue weighted by Gasteiger charge is -2.06. The van der Waals surface area contributed by atoms with Gasteiger partial charge < -0.3 is 5.73 Å². The monoisotopic (exact) mass is 250 g/mol. The van der Waals surface area contributed by atoms with E-state index in [2.05, 4.69) is 40.8 Å². The predicted octanol–water partition coefficient (Wildman–Crippen LogP) is 4.18. The molecule has 0 spiro atoms. The van der Waals surface area contributed by atoms with Crippen LogP contribution in [-0.2, 0) is 0 Å². The summed E-state index contributed by atoms with van der Waals surface area (Å²) in [6.45, 7) is 0. The molecule has 0 aliphatic heterocycles. The minimum absolute atomic E-state index is 0.826. The molecule has 86 valence electrons. The first-order valence-corrected chi connectivity index (χ1v) is 6.56. The maximum absolute atomic E-state index is 6.15. The van der Waals surface area contributed by atoms with Gasteiger partial charge >= 0.3 is 0 Å². The Labute approximate surface area is 108 Å². The van der Waals surface area contributed by atoms with Crippen LogP contribution in [0.25, 0.3) is 31.6 Å². The van der Waals surface area contributed by atoms with Gasteiger partial charge in [0.1, 0.15) is 0 Å². The van der Waals surface area contributed by atoms with Gasteiger partial charge in [0.25, 0.3) is 0 Å². The number of rotatable bonds is 0. The van der Waals surface area contributed by atoms with Crippen molar-refractivity contribution in [3.05, 3.63) is 48.7 Å². The van der Waals surface area contributed by atoms with Crippen LogP contribution in [0.15, 0.2) is 48.7 Å². The second-order valence-corrected chi connectivity index (χ2v) is 5.28. The summed E-state index contributed by atoms with van der Waals surface area (Å²) in [5.74, 6) is 0. The fraction of sp³-hybridized carbons (Fsp3) is 0. The standard InChI is InChI=1S/C15H10N2S/c16-14-7-15-13(8-17-18-15)11-5-9-3-1-2-4-10(9)6-12(11)14/h1-8H,16H2. The Balaban J connectivity index is 2.32. The number of fused-ring (bicyclic) bond motifs is 4. The van der Waals surface area contributed by atoms with E-state index in [0.29, 0.717) is 0 Å². The van der Waals surface area contributed by atoms with Crippen LogP contribution < -0.4 is 5.73 Å². The predicted molar refractivity (Wildman–Crippen MR) is 79.0 cm³/mol. The topological polar surface area (TPSA) is 38.9 Å². The van der Waals surface area contributed by atoms with Crippen molar-refractivity contribution in [3.8, 4) is 0 Å². The fourth-order valence-electron chi connectivity index (χ4n) is 2.48. The summed E-state index contributed by atoms with van der Waals surface area (Å²) in [7, 11) is 0. The molecule has 0 atom stereocenters. The van der Waals surface area contributed by atoms with Crippen LogP contribution in [0.4, 0.5) is 5.69 Å². The smallest absolute Gasteiger partial charge is 0.0576 e. The first-order chi connectivity index (χ1) is 8.83. The Morgan fingerprint density at radius 2 is 1.61 bits per heavy atom. The second-order valence-electron chi connectivity index (χ2n) is 4.45. The highest BCUT2D eigenvalue weighted by Gasteiger charge is 2.07. The molecule has 0 aliphatic rings. The normalized spacial score (nSPS) is 11.6. The number of hydrogen-bond acceptors (Lipinski definition) is 3. The van der Waals surface area contributed by atoms with Crippen molar-refractivity contribution in [3.63, 3.8) is 0 Å². The van der Waals surface area contributed by atoms with Crippen molar-refractivity contribution in [2.75, 3.05) is 5.73 Å². The Morgan fingerprint density at radius 1 is 0.889 bits per heavy atom. The highest BCUT2D eigenvalue weighted by atomic mass is 32.1. The number of anilines is 1. The van der Waals surface area contributed by atoms with E-state index in [-0.39, 0.29) is 0 Å². The lowest BCUT2D eigenvalue weighted by atomic mass is 10.0. The van der Waals surface area contributed by atoms with Crippen molar-refractivity contribution in [1.29, 1.82) is 0 Å². The number of aromatic nitrogens is 1. The van der Waals surface area contributed by atoms with Crippen LogP contribution in [0.1, 0.15) is 0 Å². The van der Waals surface area contributed by atoms with Crippen LogP contribution in [0.5, 0.6) is 0 Å². The molecule has 4 rings (SSSR count). The molecular weight excluding hydrogens is 240 g/mol. The van der Waals surface area contributed by atoms with Crippen molar-refractivity contribution in [2.24, 2.45) is 0 Å². The molecule has 0 saturated carbocycles. The average molecular weight is 250 g/mol. The summed E-state index contributed by atoms with van der Waals surface area (Å²) >= 11 is 1.49. The van der Waals surface area contributed by atoms with E-state index in [1.54, 1.807) is 0 Å². The van der Waals surface area contributed by atoms with Gasteiger partial charge in [-0.05, 0) is 45.9 Å². The fourth-order valence-corrected chi connectivity index (χ4v) is 3.19. The molecule has 0 saturated heterocycles. The number of nitrogens with zero attached hydrogens (tertiary/aromatic N) is 1. The van der Waals surface area contributed by atoms with Crippen molar-refractivity contribution in [1.82, 2.24) is 4.37 Å². The van der Waals surface area contributed by atoms with Gasteiger partial charge in [0, 0.05) is 22.7 Å². The first-order valence-electron chi connectivity index (χ1n) is 5.78. The van der Waals surface area contributed by atoms with Gasteiger partial charge in [-0.3, -0.25) is 0 Å². The van der Waals surface area contributed by atoms with Crippen LogP contribution in [-0.4, -0.2) is 4.37 Å². The largest absolute Gasteiger partial charge is 0.398 e. The molecule has 0 bridgehead atoms. The second kappa shape index (κ2) is 3.43. The van der Waals surface area contributed by atoms with Crippen molar-refractivity contribution < 1.29 is 0 Å². The van der Waals surface area contributed by atoms with Gasteiger partial charge in [-0.2, -0.15) is 4.37 Å². The van der Waals surface area contributed by atoms with E-state index >= 15 is 0 Å². The van der Waals surface area contributed by atoms with Crippen LogP contribution >= 0.6 is 11.5 Å². The van der Waals surface area contributed by atoms with Gasteiger partial charge in [0.15, 0.2) is 0 Å². The third-order valence-electron chi connectivity index (χ3n) is 3.37. The highest BCUT2D eigenvalue weighted by molar-refractivity contribution is 7.13. The molecular formula is C15H10N2S. The molecule has 0 aliphatic carbocycles. The lowest BCUT2D eigenvalue weighted by Crippen LogP contribution is -1.87. The Hall–Kier alpha value is -2.13. The summed E-state index contributed by atoms with van der Waals surface area (Å²) in [6.07, 6.45) is 1.93. The van der Waals surface area contributed by atoms with Crippen LogP contribution in [0.2, 0.25) is 0 Å². The zero-order valence-electron chi connectivity index (χ0n) is 9.55. The summed E-state index contributed by atoms with van der Waals surface area (Å²) in [6, 6.07) is 14.7. The number of nitrogens with two attached hydrogens (primary N) is 1.